The van der Waals surface area contributed by atoms with Crippen LogP contribution in [0, 0.1) is 5.82 Å². The average molecular weight is 478 g/mol. The van der Waals surface area contributed by atoms with E-state index in [1.54, 1.807) is 32.2 Å². The number of amides is 2. The van der Waals surface area contributed by atoms with Crippen LogP contribution < -0.4 is 10.1 Å². The summed E-state index contributed by atoms with van der Waals surface area (Å²) >= 11 is 1.53. The first-order chi connectivity index (χ1) is 16.4. The van der Waals surface area contributed by atoms with Gasteiger partial charge in [-0.15, -0.1) is 11.3 Å². The van der Waals surface area contributed by atoms with Gasteiger partial charge in [-0.1, -0.05) is 36.4 Å². The predicted octanol–water partition coefficient (Wildman–Crippen LogP) is 4.58. The molecule has 0 fully saturated rings. The molecule has 4 aromatic rings. The van der Waals surface area contributed by atoms with Gasteiger partial charge in [-0.05, 0) is 36.6 Å². The lowest BCUT2D eigenvalue weighted by atomic mass is 9.93. The summed E-state index contributed by atoms with van der Waals surface area (Å²) in [6, 6.07) is 17.6. The minimum absolute atomic E-state index is 0.0110. The molecule has 2 aromatic heterocycles. The maximum Gasteiger partial charge on any atom is 0.271 e. The highest BCUT2D eigenvalue weighted by atomic mass is 32.1. The van der Waals surface area contributed by atoms with Crippen molar-refractivity contribution in [3.05, 3.63) is 88.7 Å². The molecule has 1 unspecified atom stereocenters. The summed E-state index contributed by atoms with van der Waals surface area (Å²) in [6.45, 7) is 2.24. The van der Waals surface area contributed by atoms with Crippen LogP contribution in [-0.4, -0.2) is 33.9 Å². The number of hydrogen-bond acceptors (Lipinski definition) is 4. The van der Waals surface area contributed by atoms with Gasteiger partial charge in [-0.3, -0.25) is 9.59 Å². The number of nitrogens with zero attached hydrogens (tertiary/aromatic N) is 2. The summed E-state index contributed by atoms with van der Waals surface area (Å²) in [5, 5.41) is 5.91. The van der Waals surface area contributed by atoms with Crippen molar-refractivity contribution in [3.63, 3.8) is 0 Å². The van der Waals surface area contributed by atoms with E-state index in [9.17, 15) is 14.0 Å². The van der Waals surface area contributed by atoms with Gasteiger partial charge in [-0.25, -0.2) is 4.39 Å². The van der Waals surface area contributed by atoms with Gasteiger partial charge in [0.2, 0.25) is 5.91 Å². The molecule has 5 rings (SSSR count). The third kappa shape index (κ3) is 3.64. The molecule has 0 bridgehead atoms. The monoisotopic (exact) mass is 477 g/mol. The van der Waals surface area contributed by atoms with Crippen LogP contribution in [0.3, 0.4) is 0 Å². The first-order valence-corrected chi connectivity index (χ1v) is 11.8. The molecule has 174 valence electrons. The van der Waals surface area contributed by atoms with Crippen molar-refractivity contribution in [3.8, 4) is 5.75 Å². The van der Waals surface area contributed by atoms with Crippen LogP contribution in [0.1, 0.15) is 28.5 Å². The van der Waals surface area contributed by atoms with Crippen LogP contribution in [0.4, 0.5) is 4.39 Å². The van der Waals surface area contributed by atoms with E-state index in [1.807, 2.05) is 46.3 Å². The molecule has 0 saturated carbocycles. The Morgan fingerprint density at radius 2 is 1.88 bits per heavy atom. The number of rotatable bonds is 6. The van der Waals surface area contributed by atoms with Crippen LogP contribution in [0.25, 0.3) is 10.2 Å². The van der Waals surface area contributed by atoms with Crippen molar-refractivity contribution >= 4 is 33.4 Å². The van der Waals surface area contributed by atoms with Crippen LogP contribution in [-0.2, 0) is 24.4 Å². The van der Waals surface area contributed by atoms with Gasteiger partial charge in [0.1, 0.15) is 27.6 Å². The normalized spacial score (nSPS) is 17.6. The van der Waals surface area contributed by atoms with Crippen molar-refractivity contribution in [1.82, 2.24) is 14.8 Å². The summed E-state index contributed by atoms with van der Waals surface area (Å²) in [6.07, 6.45) is 0. The minimum Gasteiger partial charge on any atom is -0.496 e. The van der Waals surface area contributed by atoms with Crippen molar-refractivity contribution in [2.75, 3.05) is 7.11 Å². The lowest BCUT2D eigenvalue weighted by Gasteiger charge is -2.44. The fourth-order valence-corrected chi connectivity index (χ4v) is 5.41. The standard InChI is InChI=1S/C26H24FN3O3S/c1-26(25(32)28-14-18-7-4-6-10-22(18)33-2)16-29-21(13-17-11-12-34-24(17)29)23(31)30(26)15-19-8-3-5-9-20(19)27/h3-13H,14-16H2,1-2H3,(H,28,32). The number of para-hydroxylation sites is 1. The number of methoxy groups -OCH3 is 1. The molecular formula is C26H24FN3O3S. The number of ether oxygens (including phenoxy) is 1. The van der Waals surface area contributed by atoms with Crippen LogP contribution >= 0.6 is 11.3 Å². The van der Waals surface area contributed by atoms with E-state index in [0.29, 0.717) is 17.0 Å². The SMILES string of the molecule is COc1ccccc1CNC(=O)C1(C)Cn2c(cc3ccsc32)C(=O)N1Cc1ccccc1F. The molecule has 3 heterocycles. The Balaban J connectivity index is 1.52. The number of halogens is 1. The second-order valence-corrected chi connectivity index (χ2v) is 9.44. The van der Waals surface area contributed by atoms with Gasteiger partial charge in [0, 0.05) is 23.1 Å². The Hall–Kier alpha value is -3.65. The fourth-order valence-electron chi connectivity index (χ4n) is 4.52. The van der Waals surface area contributed by atoms with Gasteiger partial charge in [0.25, 0.3) is 5.91 Å². The lowest BCUT2D eigenvalue weighted by Crippen LogP contribution is -2.63. The highest BCUT2D eigenvalue weighted by Crippen LogP contribution is 2.35. The summed E-state index contributed by atoms with van der Waals surface area (Å²) < 4.78 is 21.8. The number of carbonyl (C=O) groups is 2. The predicted molar refractivity (Wildman–Crippen MR) is 129 cm³/mol. The molecule has 1 aliphatic heterocycles. The molecule has 2 aromatic carbocycles. The average Bonchev–Trinajstić information content (AvgIpc) is 3.44. The summed E-state index contributed by atoms with van der Waals surface area (Å²) in [4.78, 5) is 29.8. The molecule has 1 atom stereocenters. The Morgan fingerprint density at radius 3 is 2.65 bits per heavy atom. The maximum absolute atomic E-state index is 14.5. The number of hydrogen-bond donors (Lipinski definition) is 1. The Kier molecular flexibility index (Phi) is 5.61. The number of nitrogens with one attached hydrogen (secondary N) is 1. The van der Waals surface area contributed by atoms with Crippen molar-refractivity contribution < 1.29 is 18.7 Å². The first kappa shape index (κ1) is 22.2. The zero-order chi connectivity index (χ0) is 23.9. The van der Waals surface area contributed by atoms with E-state index >= 15 is 0 Å². The maximum atomic E-state index is 14.5. The number of aromatic nitrogens is 1. The number of carbonyl (C=O) groups excluding carboxylic acids is 2. The van der Waals surface area contributed by atoms with Gasteiger partial charge < -0.3 is 19.5 Å². The van der Waals surface area contributed by atoms with E-state index in [2.05, 4.69) is 5.32 Å². The number of benzene rings is 2. The number of fused-ring (bicyclic) bond motifs is 3. The van der Waals surface area contributed by atoms with Crippen LogP contribution in [0.5, 0.6) is 5.75 Å². The van der Waals surface area contributed by atoms with E-state index in [0.717, 1.165) is 15.8 Å². The largest absolute Gasteiger partial charge is 0.496 e. The Morgan fingerprint density at radius 1 is 1.15 bits per heavy atom. The van der Waals surface area contributed by atoms with Gasteiger partial charge in [-0.2, -0.15) is 0 Å². The van der Waals surface area contributed by atoms with E-state index < -0.39 is 11.4 Å². The second-order valence-electron chi connectivity index (χ2n) is 8.55. The zero-order valence-corrected chi connectivity index (χ0v) is 19.7. The molecule has 34 heavy (non-hydrogen) atoms. The van der Waals surface area contributed by atoms with Gasteiger partial charge in [0.15, 0.2) is 0 Å². The van der Waals surface area contributed by atoms with Gasteiger partial charge >= 0.3 is 0 Å². The smallest absolute Gasteiger partial charge is 0.271 e. The molecular weight excluding hydrogens is 453 g/mol. The van der Waals surface area contributed by atoms with Crippen molar-refractivity contribution in [2.45, 2.75) is 32.1 Å². The molecule has 0 radical (unpaired) electrons. The van der Waals surface area contributed by atoms with Crippen molar-refractivity contribution in [2.24, 2.45) is 0 Å². The van der Waals surface area contributed by atoms with Crippen molar-refractivity contribution in [1.29, 1.82) is 0 Å². The molecule has 0 saturated heterocycles. The van der Waals surface area contributed by atoms with Crippen LogP contribution in [0.15, 0.2) is 66.0 Å². The second kappa shape index (κ2) is 8.61. The van der Waals surface area contributed by atoms with E-state index in [1.165, 1.54) is 22.3 Å². The topological polar surface area (TPSA) is 63.6 Å². The van der Waals surface area contributed by atoms with Gasteiger partial charge in [0.05, 0.1) is 20.2 Å². The first-order valence-electron chi connectivity index (χ1n) is 10.9. The fraction of sp³-hybridized carbons (Fsp3) is 0.231. The molecule has 0 spiro atoms. The lowest BCUT2D eigenvalue weighted by molar-refractivity contribution is -0.133. The zero-order valence-electron chi connectivity index (χ0n) is 18.9. The molecule has 1 aliphatic rings. The highest BCUT2D eigenvalue weighted by Gasteiger charge is 2.48. The third-order valence-electron chi connectivity index (χ3n) is 6.44. The highest BCUT2D eigenvalue weighted by molar-refractivity contribution is 7.16. The van der Waals surface area contributed by atoms with Crippen LogP contribution in [0.2, 0.25) is 0 Å². The molecule has 1 N–H and O–H groups in total. The number of thiophene rings is 1. The third-order valence-corrected chi connectivity index (χ3v) is 7.39. The quantitative estimate of drug-likeness (QED) is 0.442. The molecule has 8 heteroatoms. The molecule has 0 aliphatic carbocycles. The molecule has 2 amide bonds. The summed E-state index contributed by atoms with van der Waals surface area (Å²) in [7, 11) is 1.58. The minimum atomic E-state index is -1.23. The summed E-state index contributed by atoms with van der Waals surface area (Å²) in [5.41, 5.74) is 0.464. The Bertz CT molecular complexity index is 1390. The van der Waals surface area contributed by atoms with E-state index in [-0.39, 0.29) is 31.4 Å². The Labute approximate surface area is 200 Å². The molecule has 6 nitrogen and oxygen atoms in total. The summed E-state index contributed by atoms with van der Waals surface area (Å²) in [5.74, 6) is -0.349. The van der Waals surface area contributed by atoms with E-state index in [4.69, 9.17) is 4.74 Å².